The van der Waals surface area contributed by atoms with Gasteiger partial charge >= 0.3 is 5.97 Å². The number of carbonyl (C=O) groups is 2. The van der Waals surface area contributed by atoms with Crippen molar-refractivity contribution >= 4 is 19.7 Å². The summed E-state index contributed by atoms with van der Waals surface area (Å²) in [5, 5.41) is 3.04. The zero-order chi connectivity index (χ0) is 54.3. The second-order valence-corrected chi connectivity index (χ2v) is 25.0. The second kappa shape index (κ2) is 55.1. The number of phosphoric ester groups is 1. The summed E-state index contributed by atoms with van der Waals surface area (Å²) in [6.07, 6.45) is 63.3. The van der Waals surface area contributed by atoms with Crippen LogP contribution >= 0.6 is 7.82 Å². The van der Waals surface area contributed by atoms with E-state index in [4.69, 9.17) is 13.8 Å². The third-order valence-corrected chi connectivity index (χ3v) is 15.9. The van der Waals surface area contributed by atoms with Crippen molar-refractivity contribution in [1.82, 2.24) is 5.32 Å². The van der Waals surface area contributed by atoms with E-state index in [1.54, 1.807) is 0 Å². The van der Waals surface area contributed by atoms with Gasteiger partial charge in [0.15, 0.2) is 0 Å². The van der Waals surface area contributed by atoms with Gasteiger partial charge in [-0.05, 0) is 31.8 Å². The quantitative estimate of drug-likeness (QED) is 0.0212. The van der Waals surface area contributed by atoms with Crippen molar-refractivity contribution in [2.24, 2.45) is 0 Å². The smallest absolute Gasteiger partial charge is 0.306 e. The predicted molar refractivity (Wildman–Crippen MR) is 317 cm³/mol. The van der Waals surface area contributed by atoms with E-state index >= 15 is 0 Å². The molecule has 0 radical (unpaired) electrons. The number of quaternary nitrogens is 1. The molecule has 3 unspecified atom stereocenters. The standard InChI is InChI=1S/C64H127N2O7P/c1-7-10-13-16-19-22-25-28-29-30-31-32-33-34-35-36-37-39-41-44-47-50-53-56-63(67)65-61(60-72-74(69,70)71-59-58-66(4,5)6)62(55-52-49-46-43-40-27-24-21-18-15-12-9-3)73-64(68)57-54-51-48-45-42-38-26-23-20-17-14-11-8-2/h52,55,61-62H,7-51,53-54,56-60H2,1-6H3,(H-,65,67,69,70)/b55-52-. The van der Waals surface area contributed by atoms with Crippen LogP contribution in [0.2, 0.25) is 0 Å². The summed E-state index contributed by atoms with van der Waals surface area (Å²) in [4.78, 5) is 40.0. The summed E-state index contributed by atoms with van der Waals surface area (Å²) < 4.78 is 30.3. The molecule has 0 aliphatic heterocycles. The molecular weight excluding hydrogens is 940 g/mol. The van der Waals surface area contributed by atoms with Crippen molar-refractivity contribution in [2.75, 3.05) is 40.9 Å². The zero-order valence-corrected chi connectivity index (χ0v) is 51.2. The van der Waals surface area contributed by atoms with Gasteiger partial charge in [0.05, 0.1) is 33.8 Å². The topological polar surface area (TPSA) is 114 Å². The number of ether oxygens (including phenoxy) is 1. The molecular formula is C64H127N2O7P. The number of esters is 1. The molecule has 0 spiro atoms. The van der Waals surface area contributed by atoms with Crippen LogP contribution in [-0.4, -0.2) is 69.4 Å². The first-order valence-corrected chi connectivity index (χ1v) is 34.0. The number of nitrogens with zero attached hydrogens (tertiary/aromatic N) is 1. The molecule has 440 valence electrons. The van der Waals surface area contributed by atoms with E-state index in [0.29, 0.717) is 17.4 Å². The van der Waals surface area contributed by atoms with Crippen LogP contribution in [0.4, 0.5) is 0 Å². The maximum atomic E-state index is 13.5. The first kappa shape index (κ1) is 72.8. The van der Waals surface area contributed by atoms with Crippen LogP contribution in [-0.2, 0) is 27.9 Å². The normalized spacial score (nSPS) is 13.7. The Balaban J connectivity index is 5.07. The summed E-state index contributed by atoms with van der Waals surface area (Å²) in [5.41, 5.74) is 0. The number of carbonyl (C=O) groups excluding carboxylic acids is 2. The van der Waals surface area contributed by atoms with Crippen molar-refractivity contribution in [3.05, 3.63) is 12.2 Å². The van der Waals surface area contributed by atoms with Crippen LogP contribution in [0.25, 0.3) is 0 Å². The lowest BCUT2D eigenvalue weighted by molar-refractivity contribution is -0.870. The van der Waals surface area contributed by atoms with Crippen LogP contribution in [0.1, 0.15) is 335 Å². The summed E-state index contributed by atoms with van der Waals surface area (Å²) >= 11 is 0. The van der Waals surface area contributed by atoms with E-state index in [2.05, 4.69) is 26.1 Å². The number of rotatable bonds is 60. The molecule has 0 aromatic heterocycles. The molecule has 0 saturated heterocycles. The van der Waals surface area contributed by atoms with E-state index in [1.807, 2.05) is 33.3 Å². The molecule has 0 saturated carbocycles. The lowest BCUT2D eigenvalue weighted by atomic mass is 10.0. The molecule has 0 fully saturated rings. The number of amides is 1. The average Bonchev–Trinajstić information content (AvgIpc) is 3.36. The van der Waals surface area contributed by atoms with Crippen molar-refractivity contribution in [3.63, 3.8) is 0 Å². The predicted octanol–water partition coefficient (Wildman–Crippen LogP) is 19.3. The lowest BCUT2D eigenvalue weighted by Crippen LogP contribution is -2.47. The fourth-order valence-corrected chi connectivity index (χ4v) is 10.7. The Bertz CT molecular complexity index is 1270. The number of nitrogens with one attached hydrogen (secondary N) is 1. The summed E-state index contributed by atoms with van der Waals surface area (Å²) in [6.45, 7) is 6.90. The van der Waals surface area contributed by atoms with Gasteiger partial charge < -0.3 is 28.5 Å². The Labute approximate surface area is 461 Å². The highest BCUT2D eigenvalue weighted by Crippen LogP contribution is 2.38. The number of likely N-dealkylation sites (N-methyl/N-ethyl adjacent to an activating group) is 1. The molecule has 1 amide bonds. The van der Waals surface area contributed by atoms with Crippen LogP contribution in [0.5, 0.6) is 0 Å². The third-order valence-electron chi connectivity index (χ3n) is 15.0. The van der Waals surface area contributed by atoms with E-state index < -0.39 is 20.0 Å². The Morgan fingerprint density at radius 2 is 0.770 bits per heavy atom. The average molecular weight is 1070 g/mol. The highest BCUT2D eigenvalue weighted by Gasteiger charge is 2.27. The monoisotopic (exact) mass is 1070 g/mol. The van der Waals surface area contributed by atoms with Crippen molar-refractivity contribution in [1.29, 1.82) is 0 Å². The number of unbranched alkanes of at least 4 members (excludes halogenated alkanes) is 44. The van der Waals surface area contributed by atoms with Gasteiger partial charge in [-0.1, -0.05) is 303 Å². The SMILES string of the molecule is CCCCCCCCCCCC/C=C\C(OC(=O)CCCCCCCCCCCCCCC)C(COP(=O)([O-])OCC[N+](C)(C)C)NC(=O)CCCCCCCCCCCCCCCCCCCCCCCCC. The minimum atomic E-state index is -4.69. The number of allylic oxidation sites excluding steroid dienone is 1. The highest BCUT2D eigenvalue weighted by molar-refractivity contribution is 7.45. The van der Waals surface area contributed by atoms with E-state index in [0.717, 1.165) is 57.8 Å². The summed E-state index contributed by atoms with van der Waals surface area (Å²) in [6, 6.07) is -0.879. The van der Waals surface area contributed by atoms with E-state index in [-0.39, 0.29) is 31.5 Å². The lowest BCUT2D eigenvalue weighted by Gasteiger charge is -2.30. The van der Waals surface area contributed by atoms with Crippen LogP contribution < -0.4 is 10.2 Å². The second-order valence-electron chi connectivity index (χ2n) is 23.6. The van der Waals surface area contributed by atoms with Gasteiger partial charge in [0, 0.05) is 12.8 Å². The van der Waals surface area contributed by atoms with Gasteiger partial charge in [0.25, 0.3) is 7.82 Å². The first-order chi connectivity index (χ1) is 35.9. The highest BCUT2D eigenvalue weighted by atomic mass is 31.2. The zero-order valence-electron chi connectivity index (χ0n) is 50.3. The Kier molecular flexibility index (Phi) is 54.1. The number of hydrogen-bond acceptors (Lipinski definition) is 7. The molecule has 0 aliphatic rings. The Hall–Kier alpha value is -1.25. The van der Waals surface area contributed by atoms with Crippen molar-refractivity contribution in [3.8, 4) is 0 Å². The van der Waals surface area contributed by atoms with E-state index in [9.17, 15) is 19.0 Å². The van der Waals surface area contributed by atoms with Crippen molar-refractivity contribution in [2.45, 2.75) is 348 Å². The molecule has 1 N–H and O–H groups in total. The molecule has 3 atom stereocenters. The Morgan fingerprint density at radius 3 is 1.11 bits per heavy atom. The molecule has 74 heavy (non-hydrogen) atoms. The molecule has 10 heteroatoms. The van der Waals surface area contributed by atoms with Crippen molar-refractivity contribution < 1.29 is 37.3 Å². The molecule has 0 rings (SSSR count). The maximum Gasteiger partial charge on any atom is 0.306 e. The Morgan fingerprint density at radius 1 is 0.459 bits per heavy atom. The number of phosphoric acid groups is 1. The third kappa shape index (κ3) is 55.5. The van der Waals surface area contributed by atoms with Crippen LogP contribution in [0.15, 0.2) is 12.2 Å². The fraction of sp³-hybridized carbons (Fsp3) is 0.938. The van der Waals surface area contributed by atoms with Gasteiger partial charge in [-0.2, -0.15) is 0 Å². The summed E-state index contributed by atoms with van der Waals surface area (Å²) in [7, 11) is 1.21. The molecule has 0 aromatic rings. The summed E-state index contributed by atoms with van der Waals surface area (Å²) in [5.74, 6) is -0.519. The molecule has 0 aliphatic carbocycles. The minimum absolute atomic E-state index is 0.0167. The maximum absolute atomic E-state index is 13.5. The number of hydrogen-bond donors (Lipinski definition) is 1. The van der Waals surface area contributed by atoms with Gasteiger partial charge in [0.1, 0.15) is 19.3 Å². The van der Waals surface area contributed by atoms with Gasteiger partial charge in [-0.25, -0.2) is 0 Å². The van der Waals surface area contributed by atoms with Gasteiger partial charge in [-0.15, -0.1) is 0 Å². The fourth-order valence-electron chi connectivity index (χ4n) is 9.94. The van der Waals surface area contributed by atoms with Crippen LogP contribution in [0.3, 0.4) is 0 Å². The molecule has 9 nitrogen and oxygen atoms in total. The molecule has 0 heterocycles. The van der Waals surface area contributed by atoms with Gasteiger partial charge in [0.2, 0.25) is 5.91 Å². The molecule has 0 aromatic carbocycles. The van der Waals surface area contributed by atoms with Crippen LogP contribution in [0, 0.1) is 0 Å². The van der Waals surface area contributed by atoms with E-state index in [1.165, 1.54) is 244 Å². The van der Waals surface area contributed by atoms with Gasteiger partial charge in [-0.3, -0.25) is 14.2 Å². The molecule has 0 bridgehead atoms. The first-order valence-electron chi connectivity index (χ1n) is 32.5. The largest absolute Gasteiger partial charge is 0.756 e. The minimum Gasteiger partial charge on any atom is -0.756 e.